The summed E-state index contributed by atoms with van der Waals surface area (Å²) in [6.07, 6.45) is -0.118. The first kappa shape index (κ1) is 18.9. The Morgan fingerprint density at radius 3 is 2.83 bits per heavy atom. The van der Waals surface area contributed by atoms with E-state index in [-0.39, 0.29) is 37.7 Å². The molecule has 2 heterocycles. The zero-order valence-corrected chi connectivity index (χ0v) is 15.3. The lowest BCUT2D eigenvalue weighted by Crippen LogP contribution is -2.44. The second-order valence-electron chi connectivity index (χ2n) is 6.84. The first-order chi connectivity index (χ1) is 13.9. The number of halogens is 1. The number of carbonyl (C=O) groups excluding carboxylic acids is 3. The lowest BCUT2D eigenvalue weighted by atomic mass is 10.1. The van der Waals surface area contributed by atoms with Crippen LogP contribution in [0.25, 0.3) is 0 Å². The number of benzene rings is 2. The number of amides is 3. The fourth-order valence-corrected chi connectivity index (χ4v) is 3.49. The lowest BCUT2D eigenvalue weighted by Gasteiger charge is -2.30. The summed E-state index contributed by atoms with van der Waals surface area (Å²) in [6, 6.07) is 8.02. The van der Waals surface area contributed by atoms with Crippen molar-refractivity contribution in [2.75, 3.05) is 23.4 Å². The van der Waals surface area contributed by atoms with Crippen LogP contribution in [0.15, 0.2) is 36.4 Å². The molecule has 0 aliphatic carbocycles. The Hall–Kier alpha value is -3.46. The maximum atomic E-state index is 13.7. The van der Waals surface area contributed by atoms with Crippen LogP contribution in [0, 0.1) is 5.82 Å². The van der Waals surface area contributed by atoms with E-state index in [2.05, 4.69) is 5.32 Å². The molecule has 150 valence electrons. The van der Waals surface area contributed by atoms with Crippen LogP contribution in [0.5, 0.6) is 5.75 Å². The number of fused-ring (bicyclic) bond motifs is 2. The second kappa shape index (κ2) is 7.51. The number of primary amides is 1. The van der Waals surface area contributed by atoms with Crippen LogP contribution in [0.4, 0.5) is 15.8 Å². The van der Waals surface area contributed by atoms with Gasteiger partial charge in [-0.25, -0.2) is 4.39 Å². The number of nitrogens with two attached hydrogens (primary N) is 1. The van der Waals surface area contributed by atoms with E-state index in [0.29, 0.717) is 22.7 Å². The molecule has 1 atom stereocenters. The van der Waals surface area contributed by atoms with E-state index in [1.807, 2.05) is 0 Å². The molecule has 29 heavy (non-hydrogen) atoms. The van der Waals surface area contributed by atoms with Gasteiger partial charge in [0.05, 0.1) is 30.6 Å². The van der Waals surface area contributed by atoms with Crippen molar-refractivity contribution in [3.8, 4) is 5.75 Å². The average molecular weight is 399 g/mol. The number of ether oxygens (including phenoxy) is 2. The molecule has 0 saturated carbocycles. The van der Waals surface area contributed by atoms with Crippen molar-refractivity contribution in [3.63, 3.8) is 0 Å². The maximum absolute atomic E-state index is 13.7. The van der Waals surface area contributed by atoms with E-state index >= 15 is 0 Å². The number of anilines is 2. The summed E-state index contributed by atoms with van der Waals surface area (Å²) in [5, 5.41) is 2.66. The fourth-order valence-electron chi connectivity index (χ4n) is 3.49. The van der Waals surface area contributed by atoms with Gasteiger partial charge in [0.2, 0.25) is 5.91 Å². The van der Waals surface area contributed by atoms with Gasteiger partial charge in [0.1, 0.15) is 11.6 Å². The first-order valence-electron chi connectivity index (χ1n) is 8.97. The molecule has 8 nitrogen and oxygen atoms in total. The second-order valence-corrected chi connectivity index (χ2v) is 6.84. The average Bonchev–Trinajstić information content (AvgIpc) is 2.85. The highest BCUT2D eigenvalue weighted by Crippen LogP contribution is 2.33. The molecule has 2 aromatic carbocycles. The Morgan fingerprint density at radius 2 is 2.03 bits per heavy atom. The molecular formula is C20H18FN3O5. The van der Waals surface area contributed by atoms with Gasteiger partial charge in [-0.05, 0) is 36.4 Å². The summed E-state index contributed by atoms with van der Waals surface area (Å²) in [4.78, 5) is 38.0. The Kier molecular flexibility index (Phi) is 4.89. The molecule has 3 N–H and O–H groups in total. The summed E-state index contributed by atoms with van der Waals surface area (Å²) in [5.74, 6) is -1.35. The van der Waals surface area contributed by atoms with E-state index in [1.54, 1.807) is 12.1 Å². The largest absolute Gasteiger partial charge is 0.482 e. The molecule has 2 aliphatic heterocycles. The van der Waals surface area contributed by atoms with Gasteiger partial charge in [-0.2, -0.15) is 0 Å². The van der Waals surface area contributed by atoms with Crippen molar-refractivity contribution in [2.45, 2.75) is 19.1 Å². The maximum Gasteiger partial charge on any atom is 0.262 e. The molecule has 0 aromatic heterocycles. The van der Waals surface area contributed by atoms with E-state index in [1.165, 1.54) is 29.2 Å². The summed E-state index contributed by atoms with van der Waals surface area (Å²) < 4.78 is 24.6. The van der Waals surface area contributed by atoms with Crippen LogP contribution in [-0.2, 0) is 20.9 Å². The highest BCUT2D eigenvalue weighted by atomic mass is 19.1. The molecule has 2 aliphatic rings. The molecule has 3 amide bonds. The Bertz CT molecular complexity index is 1010. The van der Waals surface area contributed by atoms with E-state index in [4.69, 9.17) is 15.2 Å². The van der Waals surface area contributed by atoms with Gasteiger partial charge >= 0.3 is 0 Å². The smallest absolute Gasteiger partial charge is 0.262 e. The summed E-state index contributed by atoms with van der Waals surface area (Å²) >= 11 is 0. The zero-order valence-electron chi connectivity index (χ0n) is 15.3. The Balaban J connectivity index is 1.76. The zero-order chi connectivity index (χ0) is 20.5. The third-order valence-corrected chi connectivity index (χ3v) is 4.75. The predicted molar refractivity (Wildman–Crippen MR) is 101 cm³/mol. The van der Waals surface area contributed by atoms with Crippen molar-refractivity contribution < 1.29 is 28.2 Å². The van der Waals surface area contributed by atoms with Gasteiger partial charge in [0.15, 0.2) is 6.61 Å². The minimum atomic E-state index is -0.659. The number of nitrogens with one attached hydrogen (secondary N) is 1. The SMILES string of the molecule is NC(=O)C[C@H]1COCc2cc(F)ccc2N1C(=O)c1ccc2c(c1)NC(=O)CO2. The molecule has 0 unspecified atom stereocenters. The normalized spacial score (nSPS) is 18.0. The summed E-state index contributed by atoms with van der Waals surface area (Å²) in [7, 11) is 0. The Morgan fingerprint density at radius 1 is 1.21 bits per heavy atom. The highest BCUT2D eigenvalue weighted by molar-refractivity contribution is 6.09. The van der Waals surface area contributed by atoms with Gasteiger partial charge < -0.3 is 25.4 Å². The number of nitrogens with zero attached hydrogens (tertiary/aromatic N) is 1. The minimum Gasteiger partial charge on any atom is -0.482 e. The van der Waals surface area contributed by atoms with Gasteiger partial charge in [-0.1, -0.05) is 0 Å². The van der Waals surface area contributed by atoms with Gasteiger partial charge in [0, 0.05) is 17.5 Å². The number of rotatable bonds is 3. The lowest BCUT2D eigenvalue weighted by molar-refractivity contribution is -0.119. The van der Waals surface area contributed by atoms with Gasteiger partial charge in [-0.3, -0.25) is 14.4 Å². The molecule has 0 bridgehead atoms. The third-order valence-electron chi connectivity index (χ3n) is 4.75. The van der Waals surface area contributed by atoms with Gasteiger partial charge in [-0.15, -0.1) is 0 Å². The summed E-state index contributed by atoms with van der Waals surface area (Å²) in [5.41, 5.74) is 6.94. The third kappa shape index (κ3) is 3.77. The van der Waals surface area contributed by atoms with Crippen LogP contribution in [0.2, 0.25) is 0 Å². The van der Waals surface area contributed by atoms with Crippen LogP contribution in [0.3, 0.4) is 0 Å². The van der Waals surface area contributed by atoms with Crippen molar-refractivity contribution in [3.05, 3.63) is 53.3 Å². The molecule has 4 rings (SSSR count). The minimum absolute atomic E-state index is 0.0652. The van der Waals surface area contributed by atoms with E-state index in [0.717, 1.165) is 0 Å². The van der Waals surface area contributed by atoms with E-state index in [9.17, 15) is 18.8 Å². The molecule has 0 radical (unpaired) electrons. The molecule has 0 spiro atoms. The summed E-state index contributed by atoms with van der Waals surface area (Å²) in [6.45, 7) is 0.0688. The van der Waals surface area contributed by atoms with Crippen molar-refractivity contribution in [2.24, 2.45) is 5.73 Å². The van der Waals surface area contributed by atoms with Crippen LogP contribution in [-0.4, -0.2) is 37.0 Å². The van der Waals surface area contributed by atoms with Crippen LogP contribution >= 0.6 is 0 Å². The monoisotopic (exact) mass is 399 g/mol. The number of carbonyl (C=O) groups is 3. The molecule has 0 fully saturated rings. The van der Waals surface area contributed by atoms with Crippen LogP contribution in [0.1, 0.15) is 22.3 Å². The molecule has 9 heteroatoms. The van der Waals surface area contributed by atoms with Crippen molar-refractivity contribution in [1.29, 1.82) is 0 Å². The van der Waals surface area contributed by atoms with Gasteiger partial charge in [0.25, 0.3) is 11.8 Å². The molecular weight excluding hydrogens is 381 g/mol. The van der Waals surface area contributed by atoms with E-state index < -0.39 is 23.7 Å². The predicted octanol–water partition coefficient (Wildman–Crippen LogP) is 1.58. The van der Waals surface area contributed by atoms with Crippen molar-refractivity contribution in [1.82, 2.24) is 0 Å². The Labute approximate surface area is 165 Å². The fraction of sp³-hybridized carbons (Fsp3) is 0.250. The first-order valence-corrected chi connectivity index (χ1v) is 8.97. The van der Waals surface area contributed by atoms with Crippen molar-refractivity contribution >= 4 is 29.1 Å². The quantitative estimate of drug-likeness (QED) is 0.814. The highest BCUT2D eigenvalue weighted by Gasteiger charge is 2.32. The molecule has 2 aromatic rings. The van der Waals surface area contributed by atoms with Crippen LogP contribution < -0.4 is 20.7 Å². The number of hydrogen-bond acceptors (Lipinski definition) is 5. The molecule has 0 saturated heterocycles. The standard InChI is InChI=1S/C20H18FN3O5/c21-13-2-3-16-12(5-13)8-28-9-14(7-18(22)25)24(16)20(27)11-1-4-17-15(6-11)23-19(26)10-29-17/h1-6,14H,7-10H2,(H2,22,25)(H,23,26)/t14-/m0/s1. The number of hydrogen-bond donors (Lipinski definition) is 2. The topological polar surface area (TPSA) is 111 Å².